The topological polar surface area (TPSA) is 59.6 Å². The summed E-state index contributed by atoms with van der Waals surface area (Å²) in [4.78, 5) is 12.3. The molecule has 2 N–H and O–H groups in total. The lowest BCUT2D eigenvalue weighted by Crippen LogP contribution is -2.52. The lowest BCUT2D eigenvalue weighted by atomic mass is 10.0. The Balaban J connectivity index is 1.73. The first-order valence-corrected chi connectivity index (χ1v) is 8.13. The summed E-state index contributed by atoms with van der Waals surface area (Å²) in [6, 6.07) is 14.7. The summed E-state index contributed by atoms with van der Waals surface area (Å²) in [6.07, 6.45) is -0.365. The van der Waals surface area contributed by atoms with Crippen LogP contribution in [-0.4, -0.2) is 24.5 Å². The summed E-state index contributed by atoms with van der Waals surface area (Å²) in [7, 11) is 0. The van der Waals surface area contributed by atoms with Crippen molar-refractivity contribution in [3.05, 3.63) is 66.0 Å². The highest BCUT2D eigenvalue weighted by Gasteiger charge is 2.38. The van der Waals surface area contributed by atoms with Gasteiger partial charge in [-0.3, -0.25) is 0 Å². The molecular formula is C19H21FN2O3. The van der Waals surface area contributed by atoms with E-state index in [1.54, 1.807) is 12.1 Å². The Bertz CT molecular complexity index is 736. The molecule has 3 rings (SSSR count). The van der Waals surface area contributed by atoms with Gasteiger partial charge in [-0.25, -0.2) is 9.18 Å². The molecule has 0 aliphatic carbocycles. The monoisotopic (exact) mass is 344 g/mol. The van der Waals surface area contributed by atoms with E-state index >= 15 is 0 Å². The van der Waals surface area contributed by atoms with E-state index in [0.717, 1.165) is 5.56 Å². The number of benzene rings is 2. The molecule has 0 radical (unpaired) electrons. The molecule has 132 valence electrons. The number of hydrogen-bond donors (Lipinski definition) is 2. The molecule has 2 aromatic carbocycles. The Labute approximate surface area is 146 Å². The van der Waals surface area contributed by atoms with Crippen molar-refractivity contribution in [2.24, 2.45) is 0 Å². The van der Waals surface area contributed by atoms with Gasteiger partial charge in [0.25, 0.3) is 0 Å². The molecule has 0 aromatic heterocycles. The van der Waals surface area contributed by atoms with Crippen LogP contribution in [0.3, 0.4) is 0 Å². The molecule has 1 aliphatic rings. The van der Waals surface area contributed by atoms with Crippen LogP contribution in [0.15, 0.2) is 54.6 Å². The zero-order valence-electron chi connectivity index (χ0n) is 14.2. The number of amides is 2. The Morgan fingerprint density at radius 2 is 1.80 bits per heavy atom. The van der Waals surface area contributed by atoms with E-state index in [0.29, 0.717) is 0 Å². The van der Waals surface area contributed by atoms with Gasteiger partial charge in [0.15, 0.2) is 5.79 Å². The Kier molecular flexibility index (Phi) is 5.01. The number of carbonyl (C=O) groups excluding carboxylic acids is 1. The van der Waals surface area contributed by atoms with Crippen molar-refractivity contribution in [3.8, 4) is 0 Å². The van der Waals surface area contributed by atoms with Crippen LogP contribution < -0.4 is 10.6 Å². The maximum atomic E-state index is 13.7. The van der Waals surface area contributed by atoms with Crippen LogP contribution in [0.1, 0.15) is 25.5 Å². The van der Waals surface area contributed by atoms with Gasteiger partial charge in [-0.05, 0) is 31.5 Å². The van der Waals surface area contributed by atoms with E-state index in [2.05, 4.69) is 10.6 Å². The quantitative estimate of drug-likeness (QED) is 0.889. The highest BCUT2D eigenvalue weighted by Crippen LogP contribution is 2.33. The van der Waals surface area contributed by atoms with Crippen LogP contribution in [-0.2, 0) is 9.47 Å². The molecule has 6 heteroatoms. The molecule has 1 saturated heterocycles. The molecule has 0 unspecified atom stereocenters. The lowest BCUT2D eigenvalue weighted by Gasteiger charge is -2.41. The van der Waals surface area contributed by atoms with Gasteiger partial charge in [0.05, 0.1) is 18.3 Å². The number of para-hydroxylation sites is 1. The fourth-order valence-electron chi connectivity index (χ4n) is 2.75. The number of carbonyl (C=O) groups is 1. The molecule has 0 saturated carbocycles. The lowest BCUT2D eigenvalue weighted by molar-refractivity contribution is -0.284. The van der Waals surface area contributed by atoms with Crippen molar-refractivity contribution in [2.45, 2.75) is 31.8 Å². The van der Waals surface area contributed by atoms with E-state index in [1.165, 1.54) is 12.1 Å². The van der Waals surface area contributed by atoms with Gasteiger partial charge in [-0.1, -0.05) is 42.5 Å². The summed E-state index contributed by atoms with van der Waals surface area (Å²) < 4.78 is 25.4. The summed E-state index contributed by atoms with van der Waals surface area (Å²) in [5, 5.41) is 5.33. The fourth-order valence-corrected chi connectivity index (χ4v) is 2.75. The second-order valence-electron chi connectivity index (χ2n) is 6.34. The average molecular weight is 344 g/mol. The van der Waals surface area contributed by atoms with Crippen LogP contribution >= 0.6 is 0 Å². The number of hydrogen-bond acceptors (Lipinski definition) is 3. The van der Waals surface area contributed by atoms with E-state index in [-0.39, 0.29) is 18.4 Å². The Morgan fingerprint density at radius 1 is 1.12 bits per heavy atom. The molecule has 0 bridgehead atoms. The second-order valence-corrected chi connectivity index (χ2v) is 6.34. The van der Waals surface area contributed by atoms with E-state index in [4.69, 9.17) is 9.47 Å². The minimum Gasteiger partial charge on any atom is -0.348 e. The van der Waals surface area contributed by atoms with E-state index < -0.39 is 23.7 Å². The summed E-state index contributed by atoms with van der Waals surface area (Å²) >= 11 is 0. The fraction of sp³-hybridized carbons (Fsp3) is 0.316. The second kappa shape index (κ2) is 7.21. The summed E-state index contributed by atoms with van der Waals surface area (Å²) in [5.41, 5.74) is 1.06. The first kappa shape index (κ1) is 17.4. The number of anilines is 1. The molecule has 1 heterocycles. The maximum absolute atomic E-state index is 13.7. The van der Waals surface area contributed by atoms with Crippen LogP contribution in [0, 0.1) is 5.82 Å². The van der Waals surface area contributed by atoms with Crippen molar-refractivity contribution in [3.63, 3.8) is 0 Å². The van der Waals surface area contributed by atoms with Gasteiger partial charge < -0.3 is 20.1 Å². The molecule has 1 fully saturated rings. The van der Waals surface area contributed by atoms with Crippen molar-refractivity contribution < 1.29 is 18.7 Å². The largest absolute Gasteiger partial charge is 0.348 e. The van der Waals surface area contributed by atoms with Crippen LogP contribution in [0.4, 0.5) is 14.9 Å². The third kappa shape index (κ3) is 4.35. The Hall–Kier alpha value is -2.44. The number of urea groups is 1. The predicted molar refractivity (Wildman–Crippen MR) is 92.6 cm³/mol. The molecule has 5 nitrogen and oxygen atoms in total. The summed E-state index contributed by atoms with van der Waals surface area (Å²) in [6.45, 7) is 3.95. The first-order chi connectivity index (χ1) is 11.9. The standard InChI is InChI=1S/C19H21FN2O3/c1-19(2)24-12-16(17(25-19)13-8-4-3-5-9-13)22-18(23)21-15-11-7-6-10-14(15)20/h3-11,16-17H,12H2,1-2H3,(H2,21,22,23)/t16-,17+/m0/s1. The van der Waals surface area contributed by atoms with Gasteiger partial charge in [-0.15, -0.1) is 0 Å². The van der Waals surface area contributed by atoms with Gasteiger partial charge in [0, 0.05) is 0 Å². The SMILES string of the molecule is CC1(C)OC[C@H](NC(=O)Nc2ccccc2F)[C@@H](c2ccccc2)O1. The van der Waals surface area contributed by atoms with Crippen molar-refractivity contribution >= 4 is 11.7 Å². The smallest absolute Gasteiger partial charge is 0.319 e. The molecular weight excluding hydrogens is 323 g/mol. The molecule has 25 heavy (non-hydrogen) atoms. The third-order valence-electron chi connectivity index (χ3n) is 3.95. The molecule has 2 amide bonds. The van der Waals surface area contributed by atoms with Crippen LogP contribution in [0.2, 0.25) is 0 Å². The first-order valence-electron chi connectivity index (χ1n) is 8.13. The minimum absolute atomic E-state index is 0.120. The number of halogens is 1. The van der Waals surface area contributed by atoms with Crippen LogP contribution in [0.5, 0.6) is 0 Å². The number of nitrogens with one attached hydrogen (secondary N) is 2. The highest BCUT2D eigenvalue weighted by molar-refractivity contribution is 5.89. The molecule has 2 atom stereocenters. The summed E-state index contributed by atoms with van der Waals surface area (Å²) in [5.74, 6) is -1.24. The van der Waals surface area contributed by atoms with E-state index in [9.17, 15) is 9.18 Å². The number of rotatable bonds is 3. The van der Waals surface area contributed by atoms with E-state index in [1.807, 2.05) is 44.2 Å². The third-order valence-corrected chi connectivity index (χ3v) is 3.95. The minimum atomic E-state index is -0.749. The van der Waals surface area contributed by atoms with Gasteiger partial charge in [0.2, 0.25) is 0 Å². The maximum Gasteiger partial charge on any atom is 0.319 e. The zero-order chi connectivity index (χ0) is 17.9. The van der Waals surface area contributed by atoms with Crippen molar-refractivity contribution in [1.82, 2.24) is 5.32 Å². The number of ether oxygens (including phenoxy) is 2. The highest BCUT2D eigenvalue weighted by atomic mass is 19.1. The predicted octanol–water partition coefficient (Wildman–Crippen LogP) is 3.84. The van der Waals surface area contributed by atoms with Crippen molar-refractivity contribution in [1.29, 1.82) is 0 Å². The van der Waals surface area contributed by atoms with Gasteiger partial charge in [-0.2, -0.15) is 0 Å². The zero-order valence-corrected chi connectivity index (χ0v) is 14.2. The average Bonchev–Trinajstić information content (AvgIpc) is 2.59. The van der Waals surface area contributed by atoms with Gasteiger partial charge >= 0.3 is 6.03 Å². The molecule has 0 spiro atoms. The molecule has 1 aliphatic heterocycles. The Morgan fingerprint density at radius 3 is 2.52 bits per heavy atom. The van der Waals surface area contributed by atoms with Gasteiger partial charge in [0.1, 0.15) is 11.9 Å². The molecule has 2 aromatic rings. The normalized spacial score (nSPS) is 22.2. The van der Waals surface area contributed by atoms with Crippen LogP contribution in [0.25, 0.3) is 0 Å². The van der Waals surface area contributed by atoms with Crippen molar-refractivity contribution in [2.75, 3.05) is 11.9 Å².